The Labute approximate surface area is 97.9 Å². The molecule has 0 radical (unpaired) electrons. The Morgan fingerprint density at radius 2 is 2.24 bits per heavy atom. The predicted molar refractivity (Wildman–Crippen MR) is 63.8 cm³/mol. The van der Waals surface area contributed by atoms with Crippen molar-refractivity contribution in [3.05, 3.63) is 30.0 Å². The summed E-state index contributed by atoms with van der Waals surface area (Å²) in [5.74, 6) is -1.40. The van der Waals surface area contributed by atoms with E-state index in [1.54, 1.807) is 18.3 Å². The third kappa shape index (κ3) is 2.09. The lowest BCUT2D eigenvalue weighted by atomic mass is 9.99. The molecule has 1 aromatic carbocycles. The van der Waals surface area contributed by atoms with E-state index >= 15 is 0 Å². The molecule has 0 amide bonds. The highest BCUT2D eigenvalue weighted by atomic mass is 16.4. The van der Waals surface area contributed by atoms with Gasteiger partial charge in [0.05, 0.1) is 5.92 Å². The van der Waals surface area contributed by atoms with Crippen LogP contribution < -0.4 is 5.73 Å². The van der Waals surface area contributed by atoms with Crippen LogP contribution in [0.3, 0.4) is 0 Å². The number of aromatic amines is 1. The molecule has 0 aliphatic carbocycles. The number of nitrogens with two attached hydrogens (primary N) is 1. The molecule has 90 valence electrons. The van der Waals surface area contributed by atoms with Crippen molar-refractivity contribution in [3.63, 3.8) is 0 Å². The molecule has 0 aliphatic heterocycles. The number of aromatic hydroxyl groups is 1. The van der Waals surface area contributed by atoms with Crippen LogP contribution in [-0.4, -0.2) is 27.7 Å². The normalized spacial score (nSPS) is 12.8. The van der Waals surface area contributed by atoms with Crippen molar-refractivity contribution in [3.8, 4) is 5.75 Å². The Kier molecular flexibility index (Phi) is 3.01. The SMILES string of the molecule is NCC(Cc1c[nH]c2cccc(O)c12)C(=O)O. The zero-order valence-electron chi connectivity index (χ0n) is 9.18. The van der Waals surface area contributed by atoms with E-state index in [1.807, 2.05) is 6.07 Å². The van der Waals surface area contributed by atoms with E-state index in [1.165, 1.54) is 0 Å². The summed E-state index contributed by atoms with van der Waals surface area (Å²) in [5.41, 5.74) is 6.99. The van der Waals surface area contributed by atoms with E-state index in [4.69, 9.17) is 10.8 Å². The number of carbonyl (C=O) groups is 1. The Bertz CT molecular complexity index is 548. The molecular weight excluding hydrogens is 220 g/mol. The second kappa shape index (κ2) is 4.47. The molecule has 1 aromatic heterocycles. The van der Waals surface area contributed by atoms with Crippen LogP contribution >= 0.6 is 0 Å². The first-order valence-electron chi connectivity index (χ1n) is 5.34. The van der Waals surface area contributed by atoms with Crippen LogP contribution in [-0.2, 0) is 11.2 Å². The minimum atomic E-state index is -0.919. The lowest BCUT2D eigenvalue weighted by Crippen LogP contribution is -2.25. The number of rotatable bonds is 4. The number of nitrogens with one attached hydrogen (secondary N) is 1. The summed E-state index contributed by atoms with van der Waals surface area (Å²) < 4.78 is 0. The third-order valence-electron chi connectivity index (χ3n) is 2.87. The number of phenols is 1. The number of aromatic nitrogens is 1. The van der Waals surface area contributed by atoms with Gasteiger partial charge in [0.15, 0.2) is 0 Å². The predicted octanol–water partition coefficient (Wildman–Crippen LogP) is 1.08. The van der Waals surface area contributed by atoms with Crippen LogP contribution in [0.5, 0.6) is 5.75 Å². The number of fused-ring (bicyclic) bond motifs is 1. The molecule has 5 N–H and O–H groups in total. The summed E-state index contributed by atoms with van der Waals surface area (Å²) in [5, 5.41) is 19.4. The minimum Gasteiger partial charge on any atom is -0.507 e. The summed E-state index contributed by atoms with van der Waals surface area (Å²) in [7, 11) is 0. The maximum Gasteiger partial charge on any atom is 0.308 e. The molecule has 0 saturated heterocycles. The van der Waals surface area contributed by atoms with Gasteiger partial charge in [-0.2, -0.15) is 0 Å². The smallest absolute Gasteiger partial charge is 0.308 e. The molecule has 5 nitrogen and oxygen atoms in total. The zero-order valence-corrected chi connectivity index (χ0v) is 9.18. The molecular formula is C12H14N2O3. The van der Waals surface area contributed by atoms with Gasteiger partial charge in [0.2, 0.25) is 0 Å². The second-order valence-electron chi connectivity index (χ2n) is 3.99. The lowest BCUT2D eigenvalue weighted by Gasteiger charge is -2.08. The van der Waals surface area contributed by atoms with Crippen LogP contribution in [0.15, 0.2) is 24.4 Å². The van der Waals surface area contributed by atoms with E-state index < -0.39 is 11.9 Å². The first-order chi connectivity index (χ1) is 8.13. The van der Waals surface area contributed by atoms with E-state index in [0.29, 0.717) is 11.8 Å². The fraction of sp³-hybridized carbons (Fsp3) is 0.250. The van der Waals surface area contributed by atoms with Gasteiger partial charge in [-0.3, -0.25) is 4.79 Å². The van der Waals surface area contributed by atoms with Crippen molar-refractivity contribution in [1.29, 1.82) is 0 Å². The van der Waals surface area contributed by atoms with Crippen molar-refractivity contribution in [2.45, 2.75) is 6.42 Å². The van der Waals surface area contributed by atoms with E-state index in [2.05, 4.69) is 4.98 Å². The van der Waals surface area contributed by atoms with Crippen molar-refractivity contribution in [2.24, 2.45) is 11.7 Å². The highest BCUT2D eigenvalue weighted by molar-refractivity contribution is 5.89. The van der Waals surface area contributed by atoms with Gasteiger partial charge in [0.1, 0.15) is 5.75 Å². The van der Waals surface area contributed by atoms with Gasteiger partial charge in [0.25, 0.3) is 0 Å². The van der Waals surface area contributed by atoms with Gasteiger partial charge in [-0.05, 0) is 24.1 Å². The molecule has 1 heterocycles. The molecule has 1 atom stereocenters. The van der Waals surface area contributed by atoms with Crippen molar-refractivity contribution in [1.82, 2.24) is 4.98 Å². The third-order valence-corrected chi connectivity index (χ3v) is 2.87. The molecule has 2 aromatic rings. The summed E-state index contributed by atoms with van der Waals surface area (Å²) in [6.07, 6.45) is 2.03. The molecule has 0 aliphatic rings. The van der Waals surface area contributed by atoms with Crippen LogP contribution in [0, 0.1) is 5.92 Å². The van der Waals surface area contributed by atoms with Gasteiger partial charge in [-0.25, -0.2) is 0 Å². The fourth-order valence-corrected chi connectivity index (χ4v) is 1.93. The van der Waals surface area contributed by atoms with Crippen molar-refractivity contribution >= 4 is 16.9 Å². The Morgan fingerprint density at radius 1 is 1.47 bits per heavy atom. The molecule has 2 rings (SSSR count). The number of phenolic OH excluding ortho intramolecular Hbond substituents is 1. The van der Waals surface area contributed by atoms with Crippen LogP contribution in [0.2, 0.25) is 0 Å². The van der Waals surface area contributed by atoms with E-state index in [0.717, 1.165) is 11.1 Å². The standard InChI is InChI=1S/C12H14N2O3/c13-5-7(12(16)17)4-8-6-14-9-2-1-3-10(15)11(8)9/h1-3,6-7,14-15H,4-5,13H2,(H,16,17). The Balaban J connectivity index is 2.39. The topological polar surface area (TPSA) is 99.3 Å². The maximum atomic E-state index is 10.9. The second-order valence-corrected chi connectivity index (χ2v) is 3.99. The zero-order chi connectivity index (χ0) is 12.4. The lowest BCUT2D eigenvalue weighted by molar-refractivity contribution is -0.141. The van der Waals surface area contributed by atoms with E-state index in [9.17, 15) is 9.90 Å². The number of H-pyrrole nitrogens is 1. The number of carboxylic acid groups (broad SMARTS) is 1. The largest absolute Gasteiger partial charge is 0.507 e. The summed E-state index contributed by atoms with van der Waals surface area (Å²) in [6, 6.07) is 5.14. The molecule has 5 heteroatoms. The number of aliphatic carboxylic acids is 1. The minimum absolute atomic E-state index is 0.0790. The number of hydrogen-bond donors (Lipinski definition) is 4. The molecule has 17 heavy (non-hydrogen) atoms. The van der Waals surface area contributed by atoms with Crippen molar-refractivity contribution < 1.29 is 15.0 Å². The average molecular weight is 234 g/mol. The van der Waals surface area contributed by atoms with Crippen LogP contribution in [0.25, 0.3) is 10.9 Å². The molecule has 0 saturated carbocycles. The van der Waals surface area contributed by atoms with Crippen LogP contribution in [0.4, 0.5) is 0 Å². The molecule has 1 unspecified atom stereocenters. The van der Waals surface area contributed by atoms with Gasteiger partial charge < -0.3 is 20.9 Å². The molecule has 0 spiro atoms. The number of carboxylic acids is 1. The highest BCUT2D eigenvalue weighted by Gasteiger charge is 2.18. The van der Waals surface area contributed by atoms with Crippen molar-refractivity contribution in [2.75, 3.05) is 6.54 Å². The Hall–Kier alpha value is -2.01. The fourth-order valence-electron chi connectivity index (χ4n) is 1.93. The number of hydrogen-bond acceptors (Lipinski definition) is 3. The van der Waals surface area contributed by atoms with Gasteiger partial charge in [-0.1, -0.05) is 6.07 Å². The highest BCUT2D eigenvalue weighted by Crippen LogP contribution is 2.28. The average Bonchev–Trinajstić information content (AvgIpc) is 2.70. The van der Waals surface area contributed by atoms with E-state index in [-0.39, 0.29) is 12.3 Å². The van der Waals surface area contributed by atoms with Gasteiger partial charge in [-0.15, -0.1) is 0 Å². The maximum absolute atomic E-state index is 10.9. The summed E-state index contributed by atoms with van der Waals surface area (Å²) in [6.45, 7) is 0.0790. The van der Waals surface area contributed by atoms with Crippen LogP contribution in [0.1, 0.15) is 5.56 Å². The molecule has 0 bridgehead atoms. The monoisotopic (exact) mass is 234 g/mol. The Morgan fingerprint density at radius 3 is 2.88 bits per heavy atom. The van der Waals surface area contributed by atoms with Gasteiger partial charge >= 0.3 is 5.97 Å². The summed E-state index contributed by atoms with van der Waals surface area (Å²) in [4.78, 5) is 13.9. The van der Waals surface area contributed by atoms with Gasteiger partial charge in [0, 0.05) is 23.6 Å². The molecule has 0 fully saturated rings. The number of benzene rings is 1. The summed E-state index contributed by atoms with van der Waals surface area (Å²) >= 11 is 0. The quantitative estimate of drug-likeness (QED) is 0.636. The first kappa shape index (κ1) is 11.5. The first-order valence-corrected chi connectivity index (χ1v) is 5.34.